The minimum atomic E-state index is -0.427. The highest BCUT2D eigenvalue weighted by Crippen LogP contribution is 2.43. The Labute approximate surface area is 199 Å². The first-order valence-corrected chi connectivity index (χ1v) is 12.6. The van der Waals surface area contributed by atoms with Crippen LogP contribution in [-0.2, 0) is 4.79 Å². The summed E-state index contributed by atoms with van der Waals surface area (Å²) in [5.41, 5.74) is 10.3. The molecule has 1 atom stereocenters. The molecular formula is C27H33N5O2. The lowest BCUT2D eigenvalue weighted by Crippen LogP contribution is -2.47. The van der Waals surface area contributed by atoms with Crippen molar-refractivity contribution in [1.29, 1.82) is 0 Å². The Morgan fingerprint density at radius 3 is 2.68 bits per heavy atom. The van der Waals surface area contributed by atoms with Crippen molar-refractivity contribution < 1.29 is 9.59 Å². The topological polar surface area (TPSA) is 94.5 Å². The number of amides is 2. The van der Waals surface area contributed by atoms with Gasteiger partial charge in [0, 0.05) is 41.6 Å². The van der Waals surface area contributed by atoms with E-state index in [4.69, 9.17) is 5.73 Å². The number of hydrogen-bond donors (Lipinski definition) is 3. The molecule has 0 radical (unpaired) electrons. The largest absolute Gasteiger partial charge is 0.370 e. The van der Waals surface area contributed by atoms with Gasteiger partial charge in [-0.25, -0.2) is 0 Å². The number of carbonyl (C=O) groups is 2. The number of benzene rings is 2. The normalized spacial score (nSPS) is 24.4. The van der Waals surface area contributed by atoms with Crippen LogP contribution in [0.15, 0.2) is 30.3 Å². The van der Waals surface area contributed by atoms with E-state index in [0.29, 0.717) is 18.0 Å². The molecule has 1 aromatic heterocycles. The maximum atomic E-state index is 12.7. The van der Waals surface area contributed by atoms with Crippen molar-refractivity contribution in [3.8, 4) is 0 Å². The first-order valence-electron chi connectivity index (χ1n) is 12.6. The summed E-state index contributed by atoms with van der Waals surface area (Å²) in [5, 5.41) is 5.19. The maximum Gasteiger partial charge on any atom is 0.250 e. The van der Waals surface area contributed by atoms with Gasteiger partial charge in [-0.2, -0.15) is 0 Å². The van der Waals surface area contributed by atoms with E-state index in [0.717, 1.165) is 85.8 Å². The zero-order valence-electron chi connectivity index (χ0n) is 19.8. The Bertz CT molecular complexity index is 1290. The van der Waals surface area contributed by atoms with Crippen molar-refractivity contribution in [3.05, 3.63) is 41.5 Å². The molecule has 0 saturated carbocycles. The molecule has 6 rings (SSSR count). The molecule has 1 spiro atoms. The van der Waals surface area contributed by atoms with Gasteiger partial charge >= 0.3 is 0 Å². The molecule has 3 saturated heterocycles. The first-order chi connectivity index (χ1) is 16.4. The molecule has 178 valence electrons. The minimum Gasteiger partial charge on any atom is -0.370 e. The van der Waals surface area contributed by atoms with Gasteiger partial charge < -0.3 is 25.8 Å². The summed E-state index contributed by atoms with van der Waals surface area (Å²) in [6, 6.07) is 10.6. The lowest BCUT2D eigenvalue weighted by Gasteiger charge is -2.40. The van der Waals surface area contributed by atoms with Gasteiger partial charge in [0.05, 0.1) is 16.5 Å². The Morgan fingerprint density at radius 2 is 1.94 bits per heavy atom. The maximum absolute atomic E-state index is 12.7. The fourth-order valence-electron chi connectivity index (χ4n) is 6.52. The summed E-state index contributed by atoms with van der Waals surface area (Å²) in [6.07, 6.45) is 5.13. The SMILES string of the molecule is CN1CCC(c2ccc3c(c2)[nH]c2c(C(N)=O)ccc(N4CCCC5(CCNC5=O)C4)c23)CC1. The number of rotatable bonds is 3. The summed E-state index contributed by atoms with van der Waals surface area (Å²) in [4.78, 5) is 33.3. The summed E-state index contributed by atoms with van der Waals surface area (Å²) >= 11 is 0. The lowest BCUT2D eigenvalue weighted by atomic mass is 9.78. The predicted octanol–water partition coefficient (Wildman–Crippen LogP) is 3.34. The van der Waals surface area contributed by atoms with Crippen LogP contribution in [0.25, 0.3) is 21.8 Å². The van der Waals surface area contributed by atoms with Crippen molar-refractivity contribution in [2.24, 2.45) is 11.1 Å². The Hall–Kier alpha value is -3.06. The van der Waals surface area contributed by atoms with Crippen LogP contribution in [0.2, 0.25) is 0 Å². The molecule has 4 N–H and O–H groups in total. The van der Waals surface area contributed by atoms with E-state index in [1.807, 2.05) is 12.1 Å². The molecule has 7 nitrogen and oxygen atoms in total. The van der Waals surface area contributed by atoms with Gasteiger partial charge in [0.1, 0.15) is 0 Å². The number of likely N-dealkylation sites (tertiary alicyclic amines) is 1. The number of anilines is 1. The fourth-order valence-corrected chi connectivity index (χ4v) is 6.52. The number of nitrogens with zero attached hydrogens (tertiary/aromatic N) is 2. The summed E-state index contributed by atoms with van der Waals surface area (Å²) in [6.45, 7) is 4.62. The van der Waals surface area contributed by atoms with Crippen LogP contribution in [0, 0.1) is 5.41 Å². The molecule has 3 aromatic rings. The zero-order chi connectivity index (χ0) is 23.4. The van der Waals surface area contributed by atoms with Crippen LogP contribution in [0.3, 0.4) is 0 Å². The van der Waals surface area contributed by atoms with E-state index < -0.39 is 5.91 Å². The second-order valence-corrected chi connectivity index (χ2v) is 10.6. The third kappa shape index (κ3) is 3.36. The van der Waals surface area contributed by atoms with Gasteiger partial charge in [0.15, 0.2) is 0 Å². The second-order valence-electron chi connectivity index (χ2n) is 10.6. The first kappa shape index (κ1) is 21.5. The van der Waals surface area contributed by atoms with Crippen molar-refractivity contribution in [3.63, 3.8) is 0 Å². The lowest BCUT2D eigenvalue weighted by molar-refractivity contribution is -0.128. The van der Waals surface area contributed by atoms with Crippen LogP contribution >= 0.6 is 0 Å². The van der Waals surface area contributed by atoms with Crippen LogP contribution in [0.1, 0.15) is 53.9 Å². The summed E-state index contributed by atoms with van der Waals surface area (Å²) < 4.78 is 0. The molecule has 0 aliphatic carbocycles. The molecule has 2 amide bonds. The number of nitrogens with one attached hydrogen (secondary N) is 2. The van der Waals surface area contributed by atoms with Gasteiger partial charge in [-0.15, -0.1) is 0 Å². The molecule has 4 heterocycles. The standard InChI is InChI=1S/C27H33N5O2/c1-31-13-7-17(8-14-31)18-3-4-19-21(15-18)30-24-20(25(28)33)5-6-22(23(19)24)32-12-2-9-27(16-32)10-11-29-26(27)34/h3-6,15,17,30H,2,7-14,16H2,1H3,(H2,28,33)(H,29,34). The monoisotopic (exact) mass is 459 g/mol. The average Bonchev–Trinajstić information content (AvgIpc) is 3.38. The Morgan fingerprint density at radius 1 is 1.12 bits per heavy atom. The van der Waals surface area contributed by atoms with Crippen LogP contribution in [0.5, 0.6) is 0 Å². The number of aromatic nitrogens is 1. The van der Waals surface area contributed by atoms with Crippen LogP contribution in [-0.4, -0.2) is 61.5 Å². The quantitative estimate of drug-likeness (QED) is 0.560. The van der Waals surface area contributed by atoms with E-state index in [-0.39, 0.29) is 11.3 Å². The van der Waals surface area contributed by atoms with Gasteiger partial charge in [0.25, 0.3) is 5.91 Å². The molecule has 34 heavy (non-hydrogen) atoms. The minimum absolute atomic E-state index is 0.184. The number of primary amides is 1. The van der Waals surface area contributed by atoms with Gasteiger partial charge in [0.2, 0.25) is 5.91 Å². The van der Waals surface area contributed by atoms with Gasteiger partial charge in [-0.3, -0.25) is 9.59 Å². The van der Waals surface area contributed by atoms with E-state index in [9.17, 15) is 9.59 Å². The summed E-state index contributed by atoms with van der Waals surface area (Å²) in [5.74, 6) is 0.317. The van der Waals surface area contributed by atoms with Crippen LogP contribution in [0.4, 0.5) is 5.69 Å². The van der Waals surface area contributed by atoms with Crippen molar-refractivity contribution in [2.75, 3.05) is 44.7 Å². The predicted molar refractivity (Wildman–Crippen MR) is 135 cm³/mol. The van der Waals surface area contributed by atoms with Gasteiger partial charge in [-0.05, 0) is 81.9 Å². The molecule has 2 aromatic carbocycles. The molecule has 3 aliphatic heterocycles. The third-order valence-electron chi connectivity index (χ3n) is 8.50. The van der Waals surface area contributed by atoms with E-state index in [1.165, 1.54) is 5.56 Å². The number of piperidine rings is 2. The molecule has 1 unspecified atom stereocenters. The fraction of sp³-hybridized carbons (Fsp3) is 0.481. The number of hydrogen-bond acceptors (Lipinski definition) is 4. The number of carbonyl (C=O) groups excluding carboxylic acids is 2. The highest BCUT2D eigenvalue weighted by molar-refractivity contribution is 6.19. The van der Waals surface area contributed by atoms with Crippen molar-refractivity contribution >= 4 is 39.3 Å². The van der Waals surface area contributed by atoms with Crippen molar-refractivity contribution in [1.82, 2.24) is 15.2 Å². The smallest absolute Gasteiger partial charge is 0.250 e. The molecule has 3 fully saturated rings. The number of nitrogens with two attached hydrogens (primary N) is 1. The molecule has 0 bridgehead atoms. The molecule has 3 aliphatic rings. The number of aromatic amines is 1. The number of fused-ring (bicyclic) bond motifs is 3. The Kier molecular flexibility index (Phi) is 5.06. The van der Waals surface area contributed by atoms with Crippen LogP contribution < -0.4 is 16.0 Å². The number of H-pyrrole nitrogens is 1. The zero-order valence-corrected chi connectivity index (χ0v) is 19.8. The second kappa shape index (κ2) is 8.01. The average molecular weight is 460 g/mol. The summed E-state index contributed by atoms with van der Waals surface area (Å²) in [7, 11) is 2.18. The van der Waals surface area contributed by atoms with Crippen molar-refractivity contribution in [2.45, 2.75) is 38.0 Å². The van der Waals surface area contributed by atoms with E-state index >= 15 is 0 Å². The van der Waals surface area contributed by atoms with E-state index in [1.54, 1.807) is 0 Å². The highest BCUT2D eigenvalue weighted by Gasteiger charge is 2.45. The Balaban J connectivity index is 1.46. The van der Waals surface area contributed by atoms with E-state index in [2.05, 4.69) is 45.3 Å². The third-order valence-corrected chi connectivity index (χ3v) is 8.50. The van der Waals surface area contributed by atoms with Gasteiger partial charge in [-0.1, -0.05) is 12.1 Å². The molecular weight excluding hydrogens is 426 g/mol. The highest BCUT2D eigenvalue weighted by atomic mass is 16.2. The molecule has 7 heteroatoms.